The second kappa shape index (κ2) is 4.05. The van der Waals surface area contributed by atoms with Gasteiger partial charge in [0.2, 0.25) is 0 Å². The van der Waals surface area contributed by atoms with Crippen molar-refractivity contribution in [2.24, 2.45) is 5.73 Å². The molecule has 2 N–H and O–H groups in total. The van der Waals surface area contributed by atoms with E-state index in [-0.39, 0.29) is 6.42 Å². The summed E-state index contributed by atoms with van der Waals surface area (Å²) in [5.41, 5.74) is 3.77. The maximum Gasteiger partial charge on any atom is 0.326 e. The molecule has 1 atom stereocenters. The Morgan fingerprint density at radius 3 is 2.15 bits per heavy atom. The Hall–Kier alpha value is -0.640. The van der Waals surface area contributed by atoms with Gasteiger partial charge in [0.1, 0.15) is 11.1 Å². The van der Waals surface area contributed by atoms with Crippen molar-refractivity contribution in [2.75, 3.05) is 6.67 Å². The predicted octanol–water partition coefficient (Wildman–Crippen LogP) is 1.41. The highest BCUT2D eigenvalue weighted by Crippen LogP contribution is 2.15. The molecule has 0 saturated heterocycles. The molecule has 0 rings (SSSR count). The number of rotatable bonds is 3. The van der Waals surface area contributed by atoms with Crippen molar-refractivity contribution in [1.82, 2.24) is 0 Å². The minimum absolute atomic E-state index is 0.0120. The third-order valence-corrected chi connectivity index (χ3v) is 1.48. The lowest BCUT2D eigenvalue weighted by Gasteiger charge is -2.27. The van der Waals surface area contributed by atoms with Gasteiger partial charge in [-0.3, -0.25) is 9.18 Å². The van der Waals surface area contributed by atoms with E-state index < -0.39 is 23.8 Å². The molecule has 0 aromatic rings. The van der Waals surface area contributed by atoms with Crippen molar-refractivity contribution >= 4 is 5.97 Å². The van der Waals surface area contributed by atoms with Gasteiger partial charge in [-0.2, -0.15) is 0 Å². The number of carbonyl (C=O) groups is 1. The molecule has 78 valence electrons. The second-order valence-corrected chi connectivity index (χ2v) is 4.36. The zero-order valence-corrected chi connectivity index (χ0v) is 8.69. The summed E-state index contributed by atoms with van der Waals surface area (Å²) in [4.78, 5) is 11.4. The van der Waals surface area contributed by atoms with Gasteiger partial charge in [0.05, 0.1) is 6.67 Å². The van der Waals surface area contributed by atoms with E-state index in [1.807, 2.05) is 0 Å². The van der Waals surface area contributed by atoms with Crippen molar-refractivity contribution in [1.29, 1.82) is 0 Å². The third-order valence-electron chi connectivity index (χ3n) is 1.48. The molecule has 0 aromatic heterocycles. The monoisotopic (exact) mass is 191 g/mol. The van der Waals surface area contributed by atoms with Gasteiger partial charge in [-0.1, -0.05) is 0 Å². The number of carbonyl (C=O) groups excluding carboxylic acids is 1. The molecule has 0 aliphatic rings. The van der Waals surface area contributed by atoms with E-state index in [0.717, 1.165) is 0 Å². The van der Waals surface area contributed by atoms with E-state index in [4.69, 9.17) is 10.5 Å². The first-order valence-electron chi connectivity index (χ1n) is 4.27. The molecule has 0 aliphatic heterocycles. The van der Waals surface area contributed by atoms with Crippen LogP contribution < -0.4 is 5.73 Å². The van der Waals surface area contributed by atoms with Gasteiger partial charge in [0.15, 0.2) is 0 Å². The molecule has 1 unspecified atom stereocenters. The number of hydrogen-bond donors (Lipinski definition) is 1. The Labute approximate surface area is 78.4 Å². The summed E-state index contributed by atoms with van der Waals surface area (Å²) in [5, 5.41) is 0. The minimum Gasteiger partial charge on any atom is -0.459 e. The molecular formula is C9H18FNO2. The van der Waals surface area contributed by atoms with Gasteiger partial charge in [-0.05, 0) is 27.7 Å². The van der Waals surface area contributed by atoms with Crippen LogP contribution in [0.4, 0.5) is 4.39 Å². The van der Waals surface area contributed by atoms with Crippen LogP contribution >= 0.6 is 0 Å². The summed E-state index contributed by atoms with van der Waals surface area (Å²) in [7, 11) is 0. The number of esters is 1. The Morgan fingerprint density at radius 1 is 1.38 bits per heavy atom. The zero-order valence-electron chi connectivity index (χ0n) is 8.69. The first kappa shape index (κ1) is 12.4. The van der Waals surface area contributed by atoms with Crippen LogP contribution in [0.1, 0.15) is 34.1 Å². The van der Waals surface area contributed by atoms with Crippen LogP contribution in [0.2, 0.25) is 0 Å². The molecule has 3 nitrogen and oxygen atoms in total. The fourth-order valence-electron chi connectivity index (χ4n) is 0.693. The van der Waals surface area contributed by atoms with Crippen molar-refractivity contribution in [3.8, 4) is 0 Å². The Balaban J connectivity index is 4.25. The Kier molecular flexibility index (Phi) is 3.85. The number of nitrogens with two attached hydrogens (primary N) is 1. The first-order chi connectivity index (χ1) is 5.69. The van der Waals surface area contributed by atoms with Gasteiger partial charge in [-0.25, -0.2) is 0 Å². The summed E-state index contributed by atoms with van der Waals surface area (Å²) in [6.07, 6.45) is -0.0120. The molecule has 0 amide bonds. The topological polar surface area (TPSA) is 52.3 Å². The van der Waals surface area contributed by atoms with Crippen LogP contribution in [0.15, 0.2) is 0 Å². The van der Waals surface area contributed by atoms with Crippen LogP contribution in [-0.2, 0) is 9.53 Å². The van der Waals surface area contributed by atoms with E-state index in [2.05, 4.69) is 0 Å². The highest BCUT2D eigenvalue weighted by atomic mass is 19.1. The molecular weight excluding hydrogens is 173 g/mol. The largest absolute Gasteiger partial charge is 0.459 e. The lowest BCUT2D eigenvalue weighted by Crippen LogP contribution is -2.48. The summed E-state index contributed by atoms with van der Waals surface area (Å²) in [6.45, 7) is 6.09. The molecule has 0 aliphatic carbocycles. The van der Waals surface area contributed by atoms with Gasteiger partial charge < -0.3 is 10.5 Å². The number of alkyl halides is 1. The molecule has 0 spiro atoms. The smallest absolute Gasteiger partial charge is 0.326 e. The fourth-order valence-corrected chi connectivity index (χ4v) is 0.693. The number of halogens is 1. The van der Waals surface area contributed by atoms with Gasteiger partial charge >= 0.3 is 5.97 Å². The molecule has 0 heterocycles. The molecule has 0 saturated carbocycles. The van der Waals surface area contributed by atoms with Crippen molar-refractivity contribution in [2.45, 2.75) is 45.3 Å². The van der Waals surface area contributed by atoms with Crippen LogP contribution in [0.25, 0.3) is 0 Å². The van der Waals surface area contributed by atoms with Crippen molar-refractivity contribution < 1.29 is 13.9 Å². The summed E-state index contributed by atoms with van der Waals surface area (Å²) >= 11 is 0. The predicted molar refractivity (Wildman–Crippen MR) is 49.0 cm³/mol. The summed E-state index contributed by atoms with van der Waals surface area (Å²) < 4.78 is 17.0. The molecule has 0 fully saturated rings. The van der Waals surface area contributed by atoms with Gasteiger partial charge in [-0.15, -0.1) is 0 Å². The Morgan fingerprint density at radius 2 is 1.85 bits per heavy atom. The van der Waals surface area contributed by atoms with Gasteiger partial charge in [0, 0.05) is 6.42 Å². The Bertz CT molecular complexity index is 185. The molecule has 13 heavy (non-hydrogen) atoms. The van der Waals surface area contributed by atoms with E-state index in [1.165, 1.54) is 6.92 Å². The van der Waals surface area contributed by atoms with Crippen LogP contribution in [-0.4, -0.2) is 23.8 Å². The van der Waals surface area contributed by atoms with E-state index >= 15 is 0 Å². The SMILES string of the molecule is CC(C)(C)OC(=O)C(C)(N)CCF. The standard InChI is InChI=1S/C9H18FNO2/c1-8(2,3)13-7(12)9(4,11)5-6-10/h5-6,11H2,1-4H3. The average Bonchev–Trinajstić information content (AvgIpc) is 1.82. The highest BCUT2D eigenvalue weighted by Gasteiger charge is 2.32. The normalized spacial score (nSPS) is 16.5. The molecule has 0 radical (unpaired) electrons. The maximum atomic E-state index is 12.0. The van der Waals surface area contributed by atoms with Crippen LogP contribution in [0.3, 0.4) is 0 Å². The molecule has 4 heteroatoms. The summed E-state index contributed by atoms with van der Waals surface area (Å²) in [5.74, 6) is -0.558. The van der Waals surface area contributed by atoms with E-state index in [0.29, 0.717) is 0 Å². The average molecular weight is 191 g/mol. The highest BCUT2D eigenvalue weighted by molar-refractivity contribution is 5.80. The van der Waals surface area contributed by atoms with E-state index in [9.17, 15) is 9.18 Å². The zero-order chi connectivity index (χ0) is 10.7. The maximum absolute atomic E-state index is 12.0. The summed E-state index contributed by atoms with van der Waals surface area (Å²) in [6, 6.07) is 0. The minimum atomic E-state index is -1.22. The fraction of sp³-hybridized carbons (Fsp3) is 0.889. The van der Waals surface area contributed by atoms with Crippen LogP contribution in [0, 0.1) is 0 Å². The van der Waals surface area contributed by atoms with E-state index in [1.54, 1.807) is 20.8 Å². The lowest BCUT2D eigenvalue weighted by molar-refractivity contribution is -0.161. The van der Waals surface area contributed by atoms with Crippen molar-refractivity contribution in [3.63, 3.8) is 0 Å². The number of hydrogen-bond acceptors (Lipinski definition) is 3. The quantitative estimate of drug-likeness (QED) is 0.686. The third kappa shape index (κ3) is 4.83. The van der Waals surface area contributed by atoms with Crippen molar-refractivity contribution in [3.05, 3.63) is 0 Å². The lowest BCUT2D eigenvalue weighted by atomic mass is 10.00. The first-order valence-corrected chi connectivity index (χ1v) is 4.27. The molecule has 0 aromatic carbocycles. The van der Waals surface area contributed by atoms with Crippen LogP contribution in [0.5, 0.6) is 0 Å². The second-order valence-electron chi connectivity index (χ2n) is 4.36. The molecule has 0 bridgehead atoms. The van der Waals surface area contributed by atoms with Gasteiger partial charge in [0.25, 0.3) is 0 Å². The number of ether oxygens (including phenoxy) is 1.